The van der Waals surface area contributed by atoms with E-state index in [-0.39, 0.29) is 5.41 Å². The van der Waals surface area contributed by atoms with Crippen molar-refractivity contribution < 1.29 is 4.74 Å². The number of hydrogen-bond acceptors (Lipinski definition) is 2. The minimum absolute atomic E-state index is 0.182. The van der Waals surface area contributed by atoms with Crippen LogP contribution in [0.1, 0.15) is 47.2 Å². The molecule has 1 spiro atoms. The predicted molar refractivity (Wildman–Crippen MR) is 289 cm³/mol. The Labute approximate surface area is 408 Å². The van der Waals surface area contributed by atoms with E-state index in [2.05, 4.69) is 255 Å². The molecule has 0 radical (unpaired) electrons. The lowest BCUT2D eigenvalue weighted by Crippen LogP contribution is -2.26. The molecule has 11 aromatic carbocycles. The molecule has 0 fully saturated rings. The fourth-order valence-electron chi connectivity index (χ4n) is 13.0. The predicted octanol–water partition coefficient (Wildman–Crippen LogP) is 18.1. The number of anilines is 3. The minimum Gasteiger partial charge on any atom is -0.455 e. The molecule has 4 aliphatic rings. The summed E-state index contributed by atoms with van der Waals surface area (Å²) in [7, 11) is 0. The van der Waals surface area contributed by atoms with E-state index in [4.69, 9.17) is 4.74 Å². The number of rotatable bonds is 4. The molecule has 0 N–H and O–H groups in total. The van der Waals surface area contributed by atoms with Crippen LogP contribution in [0.4, 0.5) is 17.1 Å². The van der Waals surface area contributed by atoms with Crippen molar-refractivity contribution in [3.05, 3.63) is 270 Å². The summed E-state index contributed by atoms with van der Waals surface area (Å²) in [6.45, 7) is 4.75. The highest BCUT2D eigenvalue weighted by Crippen LogP contribution is 2.64. The molecule has 1 heterocycles. The Bertz CT molecular complexity index is 3960. The second kappa shape index (κ2) is 14.4. The SMILES string of the molecule is CC1(C)c2ccccc2-c2ccc(N(c3ccc4c(c3)-c3cc5ccccc5cc3-c3cccc(-c5ccccc5)c3O4)c3ccc4c(c3)C3(c5ccccc5-c5ccccc53)c3ccccc3-4)cc21. The summed E-state index contributed by atoms with van der Waals surface area (Å²) in [6, 6.07) is 88.0. The molecule has 0 amide bonds. The van der Waals surface area contributed by atoms with Crippen molar-refractivity contribution in [2.24, 2.45) is 0 Å². The van der Waals surface area contributed by atoms with Crippen LogP contribution in [0.3, 0.4) is 0 Å². The van der Waals surface area contributed by atoms with Crippen LogP contribution < -0.4 is 9.64 Å². The van der Waals surface area contributed by atoms with E-state index in [0.717, 1.165) is 61.9 Å². The zero-order chi connectivity index (χ0) is 46.3. The van der Waals surface area contributed by atoms with E-state index >= 15 is 0 Å². The van der Waals surface area contributed by atoms with Crippen LogP contribution in [0.5, 0.6) is 11.5 Å². The first-order valence-corrected chi connectivity index (χ1v) is 24.5. The average Bonchev–Trinajstić information content (AvgIpc) is 3.94. The number of benzene rings is 11. The third-order valence-electron chi connectivity index (χ3n) is 16.1. The van der Waals surface area contributed by atoms with Gasteiger partial charge >= 0.3 is 0 Å². The van der Waals surface area contributed by atoms with Gasteiger partial charge in [0.15, 0.2) is 0 Å². The molecule has 0 saturated carbocycles. The van der Waals surface area contributed by atoms with Gasteiger partial charge in [-0.05, 0) is 149 Å². The molecular formula is C68H45NO. The van der Waals surface area contributed by atoms with Crippen molar-refractivity contribution in [2.45, 2.75) is 24.7 Å². The Kier molecular flexibility index (Phi) is 8.08. The summed E-state index contributed by atoms with van der Waals surface area (Å²) in [6.07, 6.45) is 0. The summed E-state index contributed by atoms with van der Waals surface area (Å²) in [5.41, 5.74) is 25.0. The van der Waals surface area contributed by atoms with Crippen molar-refractivity contribution in [3.63, 3.8) is 0 Å². The minimum atomic E-state index is -0.480. The quantitative estimate of drug-likeness (QED) is 0.175. The number of ether oxygens (including phenoxy) is 1. The van der Waals surface area contributed by atoms with Gasteiger partial charge in [-0.3, -0.25) is 0 Å². The van der Waals surface area contributed by atoms with Gasteiger partial charge < -0.3 is 9.64 Å². The summed E-state index contributed by atoms with van der Waals surface area (Å²) in [4.78, 5) is 2.50. The molecule has 70 heavy (non-hydrogen) atoms. The Morgan fingerprint density at radius 3 is 1.37 bits per heavy atom. The number of nitrogens with zero attached hydrogens (tertiary/aromatic N) is 1. The van der Waals surface area contributed by atoms with E-state index in [0.29, 0.717) is 0 Å². The van der Waals surface area contributed by atoms with Crippen LogP contribution in [-0.2, 0) is 10.8 Å². The Morgan fingerprint density at radius 2 is 0.743 bits per heavy atom. The Hall–Kier alpha value is -8.72. The zero-order valence-electron chi connectivity index (χ0n) is 38.9. The van der Waals surface area contributed by atoms with E-state index < -0.39 is 5.41 Å². The molecule has 0 bridgehead atoms. The lowest BCUT2D eigenvalue weighted by molar-refractivity contribution is 0.489. The summed E-state index contributed by atoms with van der Waals surface area (Å²) >= 11 is 0. The van der Waals surface area contributed by atoms with Gasteiger partial charge in [-0.1, -0.05) is 196 Å². The molecule has 328 valence electrons. The summed E-state index contributed by atoms with van der Waals surface area (Å²) in [5, 5.41) is 2.39. The highest BCUT2D eigenvalue weighted by molar-refractivity contribution is 6.03. The van der Waals surface area contributed by atoms with Gasteiger partial charge in [-0.2, -0.15) is 0 Å². The largest absolute Gasteiger partial charge is 0.455 e. The van der Waals surface area contributed by atoms with Gasteiger partial charge in [0, 0.05) is 39.2 Å². The second-order valence-electron chi connectivity index (χ2n) is 19.9. The third-order valence-corrected chi connectivity index (χ3v) is 16.1. The van der Waals surface area contributed by atoms with E-state index in [9.17, 15) is 0 Å². The van der Waals surface area contributed by atoms with Gasteiger partial charge in [0.25, 0.3) is 0 Å². The van der Waals surface area contributed by atoms with E-state index in [1.807, 2.05) is 0 Å². The summed E-state index contributed by atoms with van der Waals surface area (Å²) in [5.74, 6) is 1.70. The molecule has 0 saturated heterocycles. The molecule has 11 aromatic rings. The Balaban J connectivity index is 0.991. The van der Waals surface area contributed by atoms with Crippen LogP contribution >= 0.6 is 0 Å². The van der Waals surface area contributed by atoms with E-state index in [1.54, 1.807) is 0 Å². The third kappa shape index (κ3) is 5.28. The molecule has 0 atom stereocenters. The first-order chi connectivity index (χ1) is 34.5. The van der Waals surface area contributed by atoms with Gasteiger partial charge in [0.1, 0.15) is 11.5 Å². The van der Waals surface area contributed by atoms with Gasteiger partial charge in [0.05, 0.1) is 5.41 Å². The molecule has 0 unspecified atom stereocenters. The number of para-hydroxylation sites is 1. The second-order valence-corrected chi connectivity index (χ2v) is 19.9. The highest BCUT2D eigenvalue weighted by Gasteiger charge is 2.51. The zero-order valence-corrected chi connectivity index (χ0v) is 38.9. The standard InChI is InChI=1S/C68H45NO/c1-67(2)59-27-12-8-21-49(59)53-34-31-46(40-63(53)67)69(47-32-35-54-52-24-11-15-30-62(52)68(64(54)41-47)60-28-13-9-22-50(60)51-23-10-14-29-61(51)68)45-33-36-65-58(39-45)57-38-44-20-7-6-19-43(44)37-56(57)55-26-16-25-48(66(55)70-65)42-17-4-3-5-18-42/h3-41H,1-2H3. The van der Waals surface area contributed by atoms with Gasteiger partial charge in [0.2, 0.25) is 0 Å². The molecular weight excluding hydrogens is 847 g/mol. The van der Waals surface area contributed by atoms with Crippen LogP contribution in [0, 0.1) is 0 Å². The lowest BCUT2D eigenvalue weighted by atomic mass is 9.70. The van der Waals surface area contributed by atoms with Crippen molar-refractivity contribution >= 4 is 27.8 Å². The van der Waals surface area contributed by atoms with Crippen LogP contribution in [0.15, 0.2) is 237 Å². The van der Waals surface area contributed by atoms with Crippen LogP contribution in [-0.4, -0.2) is 0 Å². The van der Waals surface area contributed by atoms with Crippen molar-refractivity contribution in [1.82, 2.24) is 0 Å². The normalized spacial score (nSPS) is 14.2. The van der Waals surface area contributed by atoms with Crippen molar-refractivity contribution in [3.8, 4) is 78.3 Å². The first-order valence-electron chi connectivity index (χ1n) is 24.5. The highest BCUT2D eigenvalue weighted by atomic mass is 16.5. The maximum atomic E-state index is 7.27. The lowest BCUT2D eigenvalue weighted by Gasteiger charge is -2.32. The van der Waals surface area contributed by atoms with Crippen LogP contribution in [0.25, 0.3) is 77.5 Å². The first kappa shape index (κ1) is 39.3. The average molecular weight is 892 g/mol. The Morgan fingerprint density at radius 1 is 0.300 bits per heavy atom. The number of fused-ring (bicyclic) bond motifs is 19. The molecule has 3 aliphatic carbocycles. The molecule has 2 nitrogen and oxygen atoms in total. The fourth-order valence-corrected chi connectivity index (χ4v) is 13.0. The summed E-state index contributed by atoms with van der Waals surface area (Å²) < 4.78 is 7.27. The maximum absolute atomic E-state index is 7.27. The molecule has 15 rings (SSSR count). The molecule has 2 heteroatoms. The van der Waals surface area contributed by atoms with Crippen molar-refractivity contribution in [1.29, 1.82) is 0 Å². The van der Waals surface area contributed by atoms with Gasteiger partial charge in [-0.25, -0.2) is 0 Å². The van der Waals surface area contributed by atoms with E-state index in [1.165, 1.54) is 77.5 Å². The molecule has 0 aromatic heterocycles. The van der Waals surface area contributed by atoms with Crippen LogP contribution in [0.2, 0.25) is 0 Å². The topological polar surface area (TPSA) is 12.5 Å². The number of hydrogen-bond donors (Lipinski definition) is 0. The maximum Gasteiger partial charge on any atom is 0.143 e. The monoisotopic (exact) mass is 891 g/mol. The fraction of sp³-hybridized carbons (Fsp3) is 0.0588. The smallest absolute Gasteiger partial charge is 0.143 e. The van der Waals surface area contributed by atoms with Gasteiger partial charge in [-0.15, -0.1) is 0 Å². The molecule has 1 aliphatic heterocycles. The van der Waals surface area contributed by atoms with Crippen molar-refractivity contribution in [2.75, 3.05) is 4.90 Å².